The molecule has 0 saturated heterocycles. The van der Waals surface area contributed by atoms with Crippen molar-refractivity contribution < 1.29 is 8.42 Å². The SMILES string of the molecule is CC(C)C(NS(C)(=O)=O)c1ccccn1. The van der Waals surface area contributed by atoms with Gasteiger partial charge in [-0.2, -0.15) is 0 Å². The first-order valence-corrected chi connectivity index (χ1v) is 6.67. The second kappa shape index (κ2) is 4.72. The Kier molecular flexibility index (Phi) is 3.82. The molecular formula is C10H16N2O2S. The molecule has 1 atom stereocenters. The zero-order valence-corrected chi connectivity index (χ0v) is 9.95. The fourth-order valence-corrected chi connectivity index (χ4v) is 2.18. The molecule has 1 unspecified atom stereocenters. The smallest absolute Gasteiger partial charge is 0.209 e. The molecule has 1 N–H and O–H groups in total. The summed E-state index contributed by atoms with van der Waals surface area (Å²) in [7, 11) is -3.21. The van der Waals surface area contributed by atoms with E-state index in [2.05, 4.69) is 9.71 Å². The van der Waals surface area contributed by atoms with Crippen LogP contribution in [0.2, 0.25) is 0 Å². The Bertz CT molecular complexity index is 401. The molecule has 1 aromatic rings. The van der Waals surface area contributed by atoms with Crippen LogP contribution in [0.5, 0.6) is 0 Å². The summed E-state index contributed by atoms with van der Waals surface area (Å²) in [5.41, 5.74) is 0.748. The van der Waals surface area contributed by atoms with Crippen molar-refractivity contribution in [3.63, 3.8) is 0 Å². The second-order valence-corrected chi connectivity index (χ2v) is 5.65. The van der Waals surface area contributed by atoms with Crippen LogP contribution in [-0.4, -0.2) is 19.7 Å². The van der Waals surface area contributed by atoms with Crippen LogP contribution in [-0.2, 0) is 10.0 Å². The van der Waals surface area contributed by atoms with Gasteiger partial charge in [-0.1, -0.05) is 19.9 Å². The van der Waals surface area contributed by atoms with E-state index < -0.39 is 10.0 Å². The molecule has 0 aliphatic heterocycles. The highest BCUT2D eigenvalue weighted by Gasteiger charge is 2.20. The molecule has 0 fully saturated rings. The van der Waals surface area contributed by atoms with Gasteiger partial charge in [-0.3, -0.25) is 4.98 Å². The fraction of sp³-hybridized carbons (Fsp3) is 0.500. The molecule has 0 bridgehead atoms. The number of pyridine rings is 1. The average Bonchev–Trinajstić information content (AvgIpc) is 2.14. The van der Waals surface area contributed by atoms with Crippen molar-refractivity contribution in [3.05, 3.63) is 30.1 Å². The largest absolute Gasteiger partial charge is 0.260 e. The standard InChI is InChI=1S/C10H16N2O2S/c1-8(2)10(12-15(3,13)14)9-6-4-5-7-11-9/h4-8,10,12H,1-3H3. The summed E-state index contributed by atoms with van der Waals surface area (Å²) in [5, 5.41) is 0. The maximum atomic E-state index is 11.2. The third kappa shape index (κ3) is 3.97. The van der Waals surface area contributed by atoms with Crippen molar-refractivity contribution in [1.82, 2.24) is 9.71 Å². The number of rotatable bonds is 4. The van der Waals surface area contributed by atoms with E-state index in [0.29, 0.717) is 0 Å². The minimum absolute atomic E-state index is 0.162. The van der Waals surface area contributed by atoms with Crippen LogP contribution >= 0.6 is 0 Å². The Morgan fingerprint density at radius 3 is 2.40 bits per heavy atom. The van der Waals surface area contributed by atoms with Crippen molar-refractivity contribution in [3.8, 4) is 0 Å². The Balaban J connectivity index is 2.95. The van der Waals surface area contributed by atoms with Crippen molar-refractivity contribution in [2.24, 2.45) is 5.92 Å². The van der Waals surface area contributed by atoms with Gasteiger partial charge in [0.2, 0.25) is 10.0 Å². The summed E-state index contributed by atoms with van der Waals surface area (Å²) in [6.07, 6.45) is 2.82. The van der Waals surface area contributed by atoms with Crippen molar-refractivity contribution in [1.29, 1.82) is 0 Å². The topological polar surface area (TPSA) is 59.1 Å². The Morgan fingerprint density at radius 1 is 1.33 bits per heavy atom. The summed E-state index contributed by atoms with van der Waals surface area (Å²) in [5.74, 6) is 0.162. The second-order valence-electron chi connectivity index (χ2n) is 3.87. The highest BCUT2D eigenvalue weighted by molar-refractivity contribution is 7.88. The van der Waals surface area contributed by atoms with E-state index in [1.54, 1.807) is 12.3 Å². The first-order chi connectivity index (χ1) is 6.90. The zero-order chi connectivity index (χ0) is 11.5. The van der Waals surface area contributed by atoms with Crippen LogP contribution in [0.4, 0.5) is 0 Å². The van der Waals surface area contributed by atoms with Gasteiger partial charge in [0.1, 0.15) is 0 Å². The molecule has 1 aromatic heterocycles. The van der Waals surface area contributed by atoms with E-state index in [1.165, 1.54) is 0 Å². The van der Waals surface area contributed by atoms with Crippen LogP contribution < -0.4 is 4.72 Å². The lowest BCUT2D eigenvalue weighted by molar-refractivity contribution is 0.456. The molecule has 0 radical (unpaired) electrons. The van der Waals surface area contributed by atoms with Gasteiger partial charge in [-0.25, -0.2) is 13.1 Å². The molecule has 15 heavy (non-hydrogen) atoms. The summed E-state index contributed by atoms with van der Waals surface area (Å²) >= 11 is 0. The number of aromatic nitrogens is 1. The molecule has 0 aliphatic rings. The maximum Gasteiger partial charge on any atom is 0.209 e. The summed E-state index contributed by atoms with van der Waals surface area (Å²) in [6, 6.07) is 5.22. The minimum Gasteiger partial charge on any atom is -0.260 e. The van der Waals surface area contributed by atoms with Crippen LogP contribution in [0.15, 0.2) is 24.4 Å². The molecule has 1 heterocycles. The van der Waals surface area contributed by atoms with E-state index in [0.717, 1.165) is 11.9 Å². The molecular weight excluding hydrogens is 212 g/mol. The van der Waals surface area contributed by atoms with Crippen molar-refractivity contribution in [2.45, 2.75) is 19.9 Å². The van der Waals surface area contributed by atoms with Gasteiger partial charge in [0, 0.05) is 6.20 Å². The monoisotopic (exact) mass is 228 g/mol. The van der Waals surface area contributed by atoms with Crippen LogP contribution in [0.1, 0.15) is 25.6 Å². The van der Waals surface area contributed by atoms with Gasteiger partial charge in [-0.15, -0.1) is 0 Å². The molecule has 0 spiro atoms. The highest BCUT2D eigenvalue weighted by Crippen LogP contribution is 2.19. The number of hydrogen-bond acceptors (Lipinski definition) is 3. The zero-order valence-electron chi connectivity index (χ0n) is 9.14. The summed E-state index contributed by atoms with van der Waals surface area (Å²) < 4.78 is 24.9. The predicted octanol–water partition coefficient (Wildman–Crippen LogP) is 1.33. The molecule has 4 nitrogen and oxygen atoms in total. The van der Waals surface area contributed by atoms with Gasteiger partial charge in [-0.05, 0) is 18.1 Å². The van der Waals surface area contributed by atoms with Crippen LogP contribution in [0, 0.1) is 5.92 Å². The fourth-order valence-electron chi connectivity index (χ4n) is 1.33. The van der Waals surface area contributed by atoms with Crippen LogP contribution in [0.3, 0.4) is 0 Å². The maximum absolute atomic E-state index is 11.2. The van der Waals surface area contributed by atoms with E-state index in [1.807, 2.05) is 26.0 Å². The quantitative estimate of drug-likeness (QED) is 0.845. The van der Waals surface area contributed by atoms with Crippen LogP contribution in [0.25, 0.3) is 0 Å². The normalized spacial score (nSPS) is 14.1. The van der Waals surface area contributed by atoms with E-state index in [4.69, 9.17) is 0 Å². The molecule has 0 aromatic carbocycles. The lowest BCUT2D eigenvalue weighted by Crippen LogP contribution is -2.31. The summed E-state index contributed by atoms with van der Waals surface area (Å²) in [4.78, 5) is 4.16. The Hall–Kier alpha value is -0.940. The average molecular weight is 228 g/mol. The Labute approximate surface area is 90.8 Å². The number of sulfonamides is 1. The molecule has 0 aliphatic carbocycles. The first-order valence-electron chi connectivity index (χ1n) is 4.78. The molecule has 0 saturated carbocycles. The van der Waals surface area contributed by atoms with Gasteiger partial charge >= 0.3 is 0 Å². The molecule has 0 amide bonds. The third-order valence-corrected chi connectivity index (χ3v) is 2.70. The van der Waals surface area contributed by atoms with Gasteiger partial charge < -0.3 is 0 Å². The van der Waals surface area contributed by atoms with E-state index in [-0.39, 0.29) is 12.0 Å². The Morgan fingerprint density at radius 2 is 2.00 bits per heavy atom. The first kappa shape index (κ1) is 12.1. The predicted molar refractivity (Wildman–Crippen MR) is 59.8 cm³/mol. The minimum atomic E-state index is -3.21. The summed E-state index contributed by atoms with van der Waals surface area (Å²) in [6.45, 7) is 3.91. The third-order valence-electron chi connectivity index (χ3n) is 2.01. The molecule has 84 valence electrons. The number of nitrogens with one attached hydrogen (secondary N) is 1. The number of hydrogen-bond donors (Lipinski definition) is 1. The van der Waals surface area contributed by atoms with E-state index in [9.17, 15) is 8.42 Å². The molecule has 1 rings (SSSR count). The van der Waals surface area contributed by atoms with Gasteiger partial charge in [0.05, 0.1) is 18.0 Å². The lowest BCUT2D eigenvalue weighted by Gasteiger charge is -2.20. The van der Waals surface area contributed by atoms with Gasteiger partial charge in [0.25, 0.3) is 0 Å². The molecule has 5 heteroatoms. The van der Waals surface area contributed by atoms with Gasteiger partial charge in [0.15, 0.2) is 0 Å². The highest BCUT2D eigenvalue weighted by atomic mass is 32.2. The van der Waals surface area contributed by atoms with Crippen molar-refractivity contribution in [2.75, 3.05) is 6.26 Å². The number of nitrogens with zero attached hydrogens (tertiary/aromatic N) is 1. The van der Waals surface area contributed by atoms with Crippen molar-refractivity contribution >= 4 is 10.0 Å². The lowest BCUT2D eigenvalue weighted by atomic mass is 10.0. The van der Waals surface area contributed by atoms with E-state index >= 15 is 0 Å².